The summed E-state index contributed by atoms with van der Waals surface area (Å²) in [6, 6.07) is 2.13. The van der Waals surface area contributed by atoms with Crippen LogP contribution in [0.5, 0.6) is 5.75 Å². The summed E-state index contributed by atoms with van der Waals surface area (Å²) in [7, 11) is 3.55. The molecule has 0 aliphatic carbocycles. The number of nitrogens with one attached hydrogen (secondary N) is 1. The average molecular weight is 238 g/mol. The number of methoxy groups -OCH3 is 1. The van der Waals surface area contributed by atoms with Crippen LogP contribution in [-0.4, -0.2) is 38.6 Å². The van der Waals surface area contributed by atoms with Crippen LogP contribution >= 0.6 is 0 Å². The third-order valence-electron chi connectivity index (χ3n) is 2.84. The van der Waals surface area contributed by atoms with Gasteiger partial charge in [-0.2, -0.15) is 0 Å². The van der Waals surface area contributed by atoms with Crippen LogP contribution in [0, 0.1) is 0 Å². The molecule has 2 heterocycles. The van der Waals surface area contributed by atoms with Crippen molar-refractivity contribution in [1.29, 1.82) is 0 Å². The van der Waals surface area contributed by atoms with Crippen molar-refractivity contribution < 1.29 is 14.2 Å². The van der Waals surface area contributed by atoms with Crippen LogP contribution < -0.4 is 10.1 Å². The van der Waals surface area contributed by atoms with E-state index in [1.54, 1.807) is 13.3 Å². The summed E-state index contributed by atoms with van der Waals surface area (Å²) in [5, 5.41) is 3.24. The predicted octanol–water partition coefficient (Wildman–Crippen LogP) is 1.11. The second-order valence-corrected chi connectivity index (χ2v) is 3.91. The predicted molar refractivity (Wildman–Crippen MR) is 62.9 cm³/mol. The van der Waals surface area contributed by atoms with Gasteiger partial charge in [0.1, 0.15) is 5.75 Å². The minimum absolute atomic E-state index is 0.126. The maximum Gasteiger partial charge on any atom is 0.159 e. The second-order valence-electron chi connectivity index (χ2n) is 3.91. The SMILES string of the molecule is CNC(CC1OCCO1)c1cncc(OC)c1. The van der Waals surface area contributed by atoms with E-state index >= 15 is 0 Å². The van der Waals surface area contributed by atoms with E-state index in [9.17, 15) is 0 Å². The molecule has 5 heteroatoms. The quantitative estimate of drug-likeness (QED) is 0.833. The summed E-state index contributed by atoms with van der Waals surface area (Å²) in [6.07, 6.45) is 4.17. The van der Waals surface area contributed by atoms with E-state index in [2.05, 4.69) is 10.3 Å². The van der Waals surface area contributed by atoms with Crippen molar-refractivity contribution in [2.45, 2.75) is 18.8 Å². The Labute approximate surface area is 101 Å². The monoisotopic (exact) mass is 238 g/mol. The van der Waals surface area contributed by atoms with E-state index in [1.807, 2.05) is 19.3 Å². The van der Waals surface area contributed by atoms with Gasteiger partial charge in [-0.1, -0.05) is 0 Å². The minimum Gasteiger partial charge on any atom is -0.495 e. The summed E-state index contributed by atoms with van der Waals surface area (Å²) in [6.45, 7) is 1.36. The number of aromatic nitrogens is 1. The number of nitrogens with zero attached hydrogens (tertiary/aromatic N) is 1. The lowest BCUT2D eigenvalue weighted by Gasteiger charge is -2.19. The smallest absolute Gasteiger partial charge is 0.159 e. The van der Waals surface area contributed by atoms with Crippen molar-refractivity contribution in [3.05, 3.63) is 24.0 Å². The van der Waals surface area contributed by atoms with Crippen molar-refractivity contribution in [3.8, 4) is 5.75 Å². The summed E-state index contributed by atoms with van der Waals surface area (Å²) < 4.78 is 16.1. The largest absolute Gasteiger partial charge is 0.495 e. The molecule has 0 radical (unpaired) electrons. The molecule has 1 N–H and O–H groups in total. The first-order valence-corrected chi connectivity index (χ1v) is 5.73. The van der Waals surface area contributed by atoms with E-state index in [1.165, 1.54) is 0 Å². The van der Waals surface area contributed by atoms with Gasteiger partial charge in [0.2, 0.25) is 0 Å². The third-order valence-corrected chi connectivity index (χ3v) is 2.84. The first kappa shape index (κ1) is 12.3. The minimum atomic E-state index is -0.126. The van der Waals surface area contributed by atoms with E-state index in [0.717, 1.165) is 17.7 Å². The van der Waals surface area contributed by atoms with Crippen molar-refractivity contribution in [2.24, 2.45) is 0 Å². The first-order chi connectivity index (χ1) is 8.33. The molecule has 1 atom stereocenters. The highest BCUT2D eigenvalue weighted by Crippen LogP contribution is 2.23. The summed E-state index contributed by atoms with van der Waals surface area (Å²) in [5.41, 5.74) is 1.07. The molecule has 5 nitrogen and oxygen atoms in total. The number of ether oxygens (including phenoxy) is 3. The van der Waals surface area contributed by atoms with Gasteiger partial charge < -0.3 is 19.5 Å². The zero-order valence-corrected chi connectivity index (χ0v) is 10.2. The molecule has 1 aromatic rings. The molecule has 1 aromatic heterocycles. The van der Waals surface area contributed by atoms with Crippen molar-refractivity contribution in [2.75, 3.05) is 27.4 Å². The summed E-state index contributed by atoms with van der Waals surface area (Å²) in [5.74, 6) is 0.760. The molecule has 0 amide bonds. The molecule has 1 unspecified atom stereocenters. The lowest BCUT2D eigenvalue weighted by molar-refractivity contribution is -0.0526. The summed E-state index contributed by atoms with van der Waals surface area (Å²) >= 11 is 0. The Hall–Kier alpha value is -1.17. The normalized spacial score (nSPS) is 18.2. The fraction of sp³-hybridized carbons (Fsp3) is 0.583. The van der Waals surface area contributed by atoms with Crippen molar-refractivity contribution in [3.63, 3.8) is 0 Å². The van der Waals surface area contributed by atoms with Crippen LogP contribution in [0.15, 0.2) is 18.5 Å². The zero-order chi connectivity index (χ0) is 12.1. The van der Waals surface area contributed by atoms with Gasteiger partial charge in [-0.25, -0.2) is 0 Å². The maximum absolute atomic E-state index is 5.45. The van der Waals surface area contributed by atoms with Gasteiger partial charge in [0.25, 0.3) is 0 Å². The van der Waals surface area contributed by atoms with Gasteiger partial charge in [-0.05, 0) is 18.7 Å². The zero-order valence-electron chi connectivity index (χ0n) is 10.2. The molecule has 1 fully saturated rings. The highest BCUT2D eigenvalue weighted by atomic mass is 16.7. The fourth-order valence-electron chi connectivity index (χ4n) is 1.89. The third kappa shape index (κ3) is 3.15. The van der Waals surface area contributed by atoms with Gasteiger partial charge in [0.15, 0.2) is 6.29 Å². The maximum atomic E-state index is 5.45. The Morgan fingerprint density at radius 3 is 2.88 bits per heavy atom. The van der Waals surface area contributed by atoms with E-state index in [4.69, 9.17) is 14.2 Å². The van der Waals surface area contributed by atoms with Crippen molar-refractivity contribution >= 4 is 0 Å². The van der Waals surface area contributed by atoms with Gasteiger partial charge in [-0.15, -0.1) is 0 Å². The summed E-state index contributed by atoms with van der Waals surface area (Å²) in [4.78, 5) is 4.15. The van der Waals surface area contributed by atoms with Crippen LogP contribution in [0.3, 0.4) is 0 Å². The highest BCUT2D eigenvalue weighted by molar-refractivity contribution is 5.25. The van der Waals surface area contributed by atoms with Crippen LogP contribution in [-0.2, 0) is 9.47 Å². The number of pyridine rings is 1. The molecule has 1 aliphatic heterocycles. The standard InChI is InChI=1S/C12H18N2O3/c1-13-11(6-12-16-3-4-17-12)9-5-10(15-2)8-14-7-9/h5,7-8,11-13H,3-4,6H2,1-2H3. The van der Waals surface area contributed by atoms with Gasteiger partial charge >= 0.3 is 0 Å². The molecule has 0 aromatic carbocycles. The molecule has 1 aliphatic rings. The Bertz CT molecular complexity index is 353. The molecule has 0 spiro atoms. The van der Waals surface area contributed by atoms with Gasteiger partial charge in [0.05, 0.1) is 26.5 Å². The van der Waals surface area contributed by atoms with Crippen molar-refractivity contribution in [1.82, 2.24) is 10.3 Å². The Morgan fingerprint density at radius 2 is 2.24 bits per heavy atom. The Morgan fingerprint density at radius 1 is 1.47 bits per heavy atom. The molecule has 1 saturated heterocycles. The van der Waals surface area contributed by atoms with Gasteiger partial charge in [-0.3, -0.25) is 4.98 Å². The number of hydrogen-bond donors (Lipinski definition) is 1. The molecular formula is C12H18N2O3. The number of hydrogen-bond acceptors (Lipinski definition) is 5. The fourth-order valence-corrected chi connectivity index (χ4v) is 1.89. The Kier molecular flexibility index (Phi) is 4.30. The topological polar surface area (TPSA) is 52.6 Å². The average Bonchev–Trinajstić information content (AvgIpc) is 2.89. The molecule has 0 bridgehead atoms. The first-order valence-electron chi connectivity index (χ1n) is 5.73. The Balaban J connectivity index is 2.04. The molecule has 17 heavy (non-hydrogen) atoms. The molecule has 0 saturated carbocycles. The van der Waals surface area contributed by atoms with Crippen LogP contribution in [0.25, 0.3) is 0 Å². The van der Waals surface area contributed by atoms with E-state index in [0.29, 0.717) is 13.2 Å². The lowest BCUT2D eigenvalue weighted by Crippen LogP contribution is -2.23. The second kappa shape index (κ2) is 5.95. The molecular weight excluding hydrogens is 220 g/mol. The molecule has 2 rings (SSSR count). The van der Waals surface area contributed by atoms with Crippen LogP contribution in [0.4, 0.5) is 0 Å². The highest BCUT2D eigenvalue weighted by Gasteiger charge is 2.22. The van der Waals surface area contributed by atoms with Crippen LogP contribution in [0.1, 0.15) is 18.0 Å². The number of rotatable bonds is 5. The lowest BCUT2D eigenvalue weighted by atomic mass is 10.1. The van der Waals surface area contributed by atoms with E-state index < -0.39 is 0 Å². The molecule has 94 valence electrons. The van der Waals surface area contributed by atoms with E-state index in [-0.39, 0.29) is 12.3 Å². The van der Waals surface area contributed by atoms with Crippen LogP contribution in [0.2, 0.25) is 0 Å². The van der Waals surface area contributed by atoms with Gasteiger partial charge in [0, 0.05) is 18.7 Å².